The first-order chi connectivity index (χ1) is 11.0. The molecule has 0 aromatic carbocycles. The van der Waals surface area contributed by atoms with Crippen LogP contribution < -0.4 is 5.73 Å². The van der Waals surface area contributed by atoms with Gasteiger partial charge in [0.15, 0.2) is 0 Å². The summed E-state index contributed by atoms with van der Waals surface area (Å²) in [5.41, 5.74) is 5.27. The van der Waals surface area contributed by atoms with E-state index in [4.69, 9.17) is 10.2 Å². The second-order valence-electron chi connectivity index (χ2n) is 6.00. The fourth-order valence-electron chi connectivity index (χ4n) is 3.01. The lowest BCUT2D eigenvalue weighted by molar-refractivity contribution is -0.119. The maximum Gasteiger partial charge on any atom is 0.263 e. The minimum absolute atomic E-state index is 0.0266. The van der Waals surface area contributed by atoms with E-state index in [1.807, 2.05) is 36.1 Å². The van der Waals surface area contributed by atoms with Gasteiger partial charge < -0.3 is 15.1 Å². The number of furan rings is 1. The van der Waals surface area contributed by atoms with E-state index in [2.05, 4.69) is 0 Å². The van der Waals surface area contributed by atoms with Crippen LogP contribution in [0.2, 0.25) is 0 Å². The molecule has 0 aliphatic carbocycles. The summed E-state index contributed by atoms with van der Waals surface area (Å²) >= 11 is 1.44. The Morgan fingerprint density at radius 3 is 2.87 bits per heavy atom. The maximum absolute atomic E-state index is 12.7. The van der Waals surface area contributed by atoms with Gasteiger partial charge in [0.05, 0.1) is 9.75 Å². The number of primary amides is 1. The molecule has 3 rings (SSSR count). The van der Waals surface area contributed by atoms with E-state index in [1.165, 1.54) is 11.3 Å². The SMILES string of the molecule is Cc1ccc(-c2ccc(C(=O)N3CCC[C@@H](CC(N)=O)C3)s2)o1. The number of rotatable bonds is 4. The van der Waals surface area contributed by atoms with Gasteiger partial charge in [-0.05, 0) is 49.9 Å². The molecule has 0 spiro atoms. The molecular formula is C17H20N2O3S. The van der Waals surface area contributed by atoms with Gasteiger partial charge in [-0.25, -0.2) is 0 Å². The first kappa shape index (κ1) is 15.8. The first-order valence-electron chi connectivity index (χ1n) is 7.77. The Morgan fingerprint density at radius 1 is 1.35 bits per heavy atom. The van der Waals surface area contributed by atoms with Gasteiger partial charge in [-0.15, -0.1) is 11.3 Å². The Labute approximate surface area is 139 Å². The second kappa shape index (κ2) is 6.58. The van der Waals surface area contributed by atoms with E-state index in [-0.39, 0.29) is 17.7 Å². The number of hydrogen-bond donors (Lipinski definition) is 1. The lowest BCUT2D eigenvalue weighted by Gasteiger charge is -2.32. The third-order valence-electron chi connectivity index (χ3n) is 4.10. The van der Waals surface area contributed by atoms with Crippen molar-refractivity contribution in [3.05, 3.63) is 34.9 Å². The number of piperidine rings is 1. The third kappa shape index (κ3) is 3.64. The summed E-state index contributed by atoms with van der Waals surface area (Å²) in [6.45, 7) is 3.24. The van der Waals surface area contributed by atoms with Crippen LogP contribution in [-0.2, 0) is 4.79 Å². The summed E-state index contributed by atoms with van der Waals surface area (Å²) in [6, 6.07) is 7.59. The van der Waals surface area contributed by atoms with Crippen molar-refractivity contribution in [1.82, 2.24) is 4.90 Å². The molecule has 23 heavy (non-hydrogen) atoms. The monoisotopic (exact) mass is 332 g/mol. The van der Waals surface area contributed by atoms with Crippen molar-refractivity contribution < 1.29 is 14.0 Å². The molecule has 122 valence electrons. The number of thiophene rings is 1. The van der Waals surface area contributed by atoms with Crippen molar-refractivity contribution in [3.8, 4) is 10.6 Å². The highest BCUT2D eigenvalue weighted by Gasteiger charge is 2.26. The fourth-order valence-corrected chi connectivity index (χ4v) is 3.94. The van der Waals surface area contributed by atoms with Crippen LogP contribution >= 0.6 is 11.3 Å². The van der Waals surface area contributed by atoms with Crippen LogP contribution in [0.1, 0.15) is 34.7 Å². The van der Waals surface area contributed by atoms with E-state index in [0.717, 1.165) is 35.8 Å². The summed E-state index contributed by atoms with van der Waals surface area (Å²) < 4.78 is 5.60. The quantitative estimate of drug-likeness (QED) is 0.935. The van der Waals surface area contributed by atoms with Gasteiger partial charge in [0, 0.05) is 19.5 Å². The number of carbonyl (C=O) groups excluding carboxylic acids is 2. The predicted octanol–water partition coefficient (Wildman–Crippen LogP) is 3.04. The van der Waals surface area contributed by atoms with Crippen LogP contribution in [0.3, 0.4) is 0 Å². The summed E-state index contributed by atoms with van der Waals surface area (Å²) in [6.07, 6.45) is 2.22. The van der Waals surface area contributed by atoms with E-state index >= 15 is 0 Å². The molecule has 1 saturated heterocycles. The van der Waals surface area contributed by atoms with Gasteiger partial charge >= 0.3 is 0 Å². The van der Waals surface area contributed by atoms with Gasteiger partial charge in [0.1, 0.15) is 11.5 Å². The minimum atomic E-state index is -0.295. The number of nitrogens with zero attached hydrogens (tertiary/aromatic N) is 1. The number of amides is 2. The van der Waals surface area contributed by atoms with Gasteiger partial charge in [0.25, 0.3) is 5.91 Å². The van der Waals surface area contributed by atoms with Crippen molar-refractivity contribution in [2.24, 2.45) is 11.7 Å². The average molecular weight is 332 g/mol. The first-order valence-corrected chi connectivity index (χ1v) is 8.59. The minimum Gasteiger partial charge on any atom is -0.461 e. The highest BCUT2D eigenvalue weighted by Crippen LogP contribution is 2.31. The van der Waals surface area contributed by atoms with Crippen LogP contribution in [0.4, 0.5) is 0 Å². The molecule has 2 N–H and O–H groups in total. The van der Waals surface area contributed by atoms with E-state index in [0.29, 0.717) is 17.8 Å². The summed E-state index contributed by atoms with van der Waals surface area (Å²) in [5, 5.41) is 0. The Kier molecular flexibility index (Phi) is 4.52. The highest BCUT2D eigenvalue weighted by molar-refractivity contribution is 7.17. The molecule has 2 aromatic heterocycles. The Bertz CT molecular complexity index is 719. The van der Waals surface area contributed by atoms with Gasteiger partial charge in [-0.1, -0.05) is 0 Å². The Balaban J connectivity index is 1.70. The van der Waals surface area contributed by atoms with E-state index < -0.39 is 0 Å². The number of carbonyl (C=O) groups is 2. The van der Waals surface area contributed by atoms with Crippen molar-refractivity contribution in [3.63, 3.8) is 0 Å². The van der Waals surface area contributed by atoms with Crippen LogP contribution in [0.5, 0.6) is 0 Å². The molecule has 5 nitrogen and oxygen atoms in total. The van der Waals surface area contributed by atoms with Crippen LogP contribution in [0.15, 0.2) is 28.7 Å². The topological polar surface area (TPSA) is 76.5 Å². The predicted molar refractivity (Wildman–Crippen MR) is 89.2 cm³/mol. The molecule has 1 aliphatic rings. The molecule has 2 aromatic rings. The van der Waals surface area contributed by atoms with E-state index in [1.54, 1.807) is 0 Å². The maximum atomic E-state index is 12.7. The molecule has 1 atom stereocenters. The molecule has 3 heterocycles. The molecule has 2 amide bonds. The fraction of sp³-hybridized carbons (Fsp3) is 0.412. The Hall–Kier alpha value is -2.08. The number of hydrogen-bond acceptors (Lipinski definition) is 4. The lowest BCUT2D eigenvalue weighted by atomic mass is 9.94. The zero-order valence-corrected chi connectivity index (χ0v) is 13.9. The number of aryl methyl sites for hydroxylation is 1. The van der Waals surface area contributed by atoms with Crippen LogP contribution in [-0.4, -0.2) is 29.8 Å². The summed E-state index contributed by atoms with van der Waals surface area (Å²) in [5.74, 6) is 1.55. The van der Waals surface area contributed by atoms with Crippen molar-refractivity contribution >= 4 is 23.2 Å². The normalized spacial score (nSPS) is 18.1. The standard InChI is InChI=1S/C17H20N2O3S/c1-11-4-5-13(22-11)14-6-7-15(23-14)17(21)19-8-2-3-12(10-19)9-16(18)20/h4-7,12H,2-3,8-10H2,1H3,(H2,18,20)/t12-/m0/s1. The molecule has 6 heteroatoms. The third-order valence-corrected chi connectivity index (χ3v) is 5.18. The van der Waals surface area contributed by atoms with Gasteiger partial charge in [0.2, 0.25) is 5.91 Å². The molecular weight excluding hydrogens is 312 g/mol. The second-order valence-corrected chi connectivity index (χ2v) is 7.09. The van der Waals surface area contributed by atoms with Crippen molar-refractivity contribution in [2.45, 2.75) is 26.2 Å². The number of likely N-dealkylation sites (tertiary alicyclic amines) is 1. The average Bonchev–Trinajstić information content (AvgIpc) is 3.15. The molecule has 0 saturated carbocycles. The van der Waals surface area contributed by atoms with Gasteiger partial charge in [-0.3, -0.25) is 9.59 Å². The van der Waals surface area contributed by atoms with Crippen LogP contribution in [0.25, 0.3) is 10.6 Å². The summed E-state index contributed by atoms with van der Waals surface area (Å²) in [4.78, 5) is 27.2. The molecule has 0 bridgehead atoms. The number of nitrogens with two attached hydrogens (primary N) is 1. The smallest absolute Gasteiger partial charge is 0.263 e. The van der Waals surface area contributed by atoms with Crippen LogP contribution in [0, 0.1) is 12.8 Å². The van der Waals surface area contributed by atoms with Gasteiger partial charge in [-0.2, -0.15) is 0 Å². The summed E-state index contributed by atoms with van der Waals surface area (Å²) in [7, 11) is 0. The highest BCUT2D eigenvalue weighted by atomic mass is 32.1. The molecule has 1 aliphatic heterocycles. The van der Waals surface area contributed by atoms with Crippen molar-refractivity contribution in [2.75, 3.05) is 13.1 Å². The van der Waals surface area contributed by atoms with Crippen molar-refractivity contribution in [1.29, 1.82) is 0 Å². The Morgan fingerprint density at radius 2 is 2.17 bits per heavy atom. The molecule has 0 radical (unpaired) electrons. The molecule has 1 fully saturated rings. The lowest BCUT2D eigenvalue weighted by Crippen LogP contribution is -2.40. The largest absolute Gasteiger partial charge is 0.461 e. The molecule has 0 unspecified atom stereocenters. The zero-order chi connectivity index (χ0) is 16.4. The van der Waals surface area contributed by atoms with E-state index in [9.17, 15) is 9.59 Å². The zero-order valence-electron chi connectivity index (χ0n) is 13.1.